The number of rotatable bonds is 8. The van der Waals surface area contributed by atoms with Gasteiger partial charge >= 0.3 is 0 Å². The van der Waals surface area contributed by atoms with E-state index in [2.05, 4.69) is 26.9 Å². The molecule has 0 spiro atoms. The number of H-pyrrole nitrogens is 1. The zero-order valence-electron chi connectivity index (χ0n) is 17.3. The molecule has 1 N–H and O–H groups in total. The number of fused-ring (bicyclic) bond motifs is 1. The molecule has 0 aliphatic carbocycles. The average molecular weight is 409 g/mol. The van der Waals surface area contributed by atoms with Crippen molar-refractivity contribution in [1.29, 1.82) is 0 Å². The highest BCUT2D eigenvalue weighted by molar-refractivity contribution is 5.85. The summed E-state index contributed by atoms with van der Waals surface area (Å²) in [5.74, 6) is 0.891. The second kappa shape index (κ2) is 9.17. The highest BCUT2D eigenvalue weighted by Crippen LogP contribution is 2.25. The smallest absolute Gasteiger partial charge is 0.270 e. The predicted molar refractivity (Wildman–Crippen MR) is 120 cm³/mol. The van der Waals surface area contributed by atoms with Crippen LogP contribution in [0.4, 0.5) is 11.4 Å². The number of piperazine rings is 1. The van der Waals surface area contributed by atoms with E-state index < -0.39 is 0 Å². The summed E-state index contributed by atoms with van der Waals surface area (Å²) in [5.41, 5.74) is 3.53. The summed E-state index contributed by atoms with van der Waals surface area (Å²) in [6, 6.07) is 13.3. The summed E-state index contributed by atoms with van der Waals surface area (Å²) in [7, 11) is 1.69. The molecule has 1 saturated heterocycles. The number of unbranched alkanes of at least 4 members (excludes halogenated alkanes) is 1. The molecule has 0 bridgehead atoms. The summed E-state index contributed by atoms with van der Waals surface area (Å²) in [6.07, 6.45) is 5.13. The van der Waals surface area contributed by atoms with Crippen molar-refractivity contribution < 1.29 is 9.66 Å². The van der Waals surface area contributed by atoms with E-state index in [9.17, 15) is 10.1 Å². The number of aryl methyl sites for hydroxylation is 1. The molecule has 0 radical (unpaired) electrons. The molecule has 0 unspecified atom stereocenters. The zero-order chi connectivity index (χ0) is 20.9. The number of aromatic nitrogens is 1. The molecule has 30 heavy (non-hydrogen) atoms. The first-order valence-electron chi connectivity index (χ1n) is 10.5. The number of hydrogen-bond acceptors (Lipinski definition) is 5. The van der Waals surface area contributed by atoms with Crippen LogP contribution in [0.25, 0.3) is 10.9 Å². The number of nitro benzene ring substituents is 1. The van der Waals surface area contributed by atoms with E-state index >= 15 is 0 Å². The number of benzene rings is 2. The number of non-ortho nitro benzene ring substituents is 1. The van der Waals surface area contributed by atoms with Crippen molar-refractivity contribution in [3.8, 4) is 5.75 Å². The van der Waals surface area contributed by atoms with Crippen LogP contribution in [-0.2, 0) is 6.42 Å². The van der Waals surface area contributed by atoms with Crippen molar-refractivity contribution in [3.05, 3.63) is 64.3 Å². The Kier molecular flexibility index (Phi) is 6.18. The fourth-order valence-electron chi connectivity index (χ4n) is 4.16. The molecule has 0 atom stereocenters. The maximum atomic E-state index is 11.0. The summed E-state index contributed by atoms with van der Waals surface area (Å²) in [5, 5.41) is 12.0. The van der Waals surface area contributed by atoms with Gasteiger partial charge < -0.3 is 14.6 Å². The quantitative estimate of drug-likeness (QED) is 0.343. The Balaban J connectivity index is 1.22. The Labute approximate surface area is 176 Å². The van der Waals surface area contributed by atoms with Crippen LogP contribution in [0.3, 0.4) is 0 Å². The Bertz CT molecular complexity index is 991. The van der Waals surface area contributed by atoms with Gasteiger partial charge in [-0.2, -0.15) is 0 Å². The lowest BCUT2D eigenvalue weighted by Gasteiger charge is -2.36. The van der Waals surface area contributed by atoms with Crippen molar-refractivity contribution >= 4 is 22.3 Å². The van der Waals surface area contributed by atoms with E-state index in [4.69, 9.17) is 4.74 Å². The molecule has 7 nitrogen and oxygen atoms in total. The Morgan fingerprint density at radius 2 is 1.83 bits per heavy atom. The number of anilines is 1. The van der Waals surface area contributed by atoms with Crippen molar-refractivity contribution in [2.24, 2.45) is 0 Å². The molecule has 1 aliphatic heterocycles. The lowest BCUT2D eigenvalue weighted by atomic mass is 10.1. The van der Waals surface area contributed by atoms with Crippen molar-refractivity contribution in [1.82, 2.24) is 9.88 Å². The first-order chi connectivity index (χ1) is 14.6. The molecule has 2 aromatic carbocycles. The van der Waals surface area contributed by atoms with Crippen LogP contribution in [0, 0.1) is 10.1 Å². The van der Waals surface area contributed by atoms with Gasteiger partial charge in [0.05, 0.1) is 12.0 Å². The number of methoxy groups -OCH3 is 1. The summed E-state index contributed by atoms with van der Waals surface area (Å²) in [6.45, 7) is 5.33. The summed E-state index contributed by atoms with van der Waals surface area (Å²) in [4.78, 5) is 18.9. The van der Waals surface area contributed by atoms with E-state index in [1.165, 1.54) is 5.69 Å². The SMILES string of the molecule is COc1ccc(N2CCN(CCCCc3c[nH]c4ccc([N+](=O)[O-])cc34)CC2)cc1. The van der Waals surface area contributed by atoms with Gasteiger partial charge in [-0.3, -0.25) is 15.0 Å². The Morgan fingerprint density at radius 3 is 2.53 bits per heavy atom. The zero-order valence-corrected chi connectivity index (χ0v) is 17.3. The molecule has 3 aromatic rings. The van der Waals surface area contributed by atoms with E-state index in [1.807, 2.05) is 18.3 Å². The molecule has 1 fully saturated rings. The molecule has 158 valence electrons. The number of ether oxygens (including phenoxy) is 1. The molecule has 0 saturated carbocycles. The number of nitro groups is 1. The van der Waals surface area contributed by atoms with Gasteiger partial charge in [-0.1, -0.05) is 0 Å². The van der Waals surface area contributed by atoms with Crippen LogP contribution < -0.4 is 9.64 Å². The first kappa shape index (κ1) is 20.2. The van der Waals surface area contributed by atoms with Crippen molar-refractivity contribution in [2.75, 3.05) is 44.7 Å². The van der Waals surface area contributed by atoms with Crippen LogP contribution in [0.5, 0.6) is 5.75 Å². The topological polar surface area (TPSA) is 74.6 Å². The number of aromatic amines is 1. The normalized spacial score (nSPS) is 14.9. The maximum absolute atomic E-state index is 11.0. The van der Waals surface area contributed by atoms with Crippen LogP contribution in [-0.4, -0.2) is 54.6 Å². The van der Waals surface area contributed by atoms with Crippen LogP contribution in [0.2, 0.25) is 0 Å². The molecular weight excluding hydrogens is 380 g/mol. The third-order valence-corrected chi connectivity index (χ3v) is 5.94. The van der Waals surface area contributed by atoms with Crippen molar-refractivity contribution in [3.63, 3.8) is 0 Å². The molecule has 7 heteroatoms. The van der Waals surface area contributed by atoms with Crippen molar-refractivity contribution in [2.45, 2.75) is 19.3 Å². The Morgan fingerprint density at radius 1 is 1.07 bits per heavy atom. The minimum absolute atomic E-state index is 0.151. The fourth-order valence-corrected chi connectivity index (χ4v) is 4.16. The fraction of sp³-hybridized carbons (Fsp3) is 0.391. The van der Waals surface area contributed by atoms with E-state index in [0.29, 0.717) is 0 Å². The summed E-state index contributed by atoms with van der Waals surface area (Å²) < 4.78 is 5.24. The molecule has 1 aliphatic rings. The van der Waals surface area contributed by atoms with Gasteiger partial charge in [0.1, 0.15) is 5.75 Å². The highest BCUT2D eigenvalue weighted by Gasteiger charge is 2.17. The van der Waals surface area contributed by atoms with Crippen LogP contribution >= 0.6 is 0 Å². The lowest BCUT2D eigenvalue weighted by molar-refractivity contribution is -0.384. The van der Waals surface area contributed by atoms with E-state index in [1.54, 1.807) is 25.3 Å². The molecule has 4 rings (SSSR count). The number of nitrogens with one attached hydrogen (secondary N) is 1. The number of hydrogen-bond donors (Lipinski definition) is 1. The first-order valence-corrected chi connectivity index (χ1v) is 10.5. The van der Waals surface area contributed by atoms with E-state index in [0.717, 1.165) is 74.2 Å². The second-order valence-corrected chi connectivity index (χ2v) is 7.78. The monoisotopic (exact) mass is 408 g/mol. The summed E-state index contributed by atoms with van der Waals surface area (Å²) >= 11 is 0. The van der Waals surface area contributed by atoms with Crippen LogP contribution in [0.1, 0.15) is 18.4 Å². The van der Waals surface area contributed by atoms with E-state index in [-0.39, 0.29) is 10.6 Å². The third kappa shape index (κ3) is 4.57. The predicted octanol–water partition coefficient (Wildman–Crippen LogP) is 4.23. The average Bonchev–Trinajstić information content (AvgIpc) is 3.19. The highest BCUT2D eigenvalue weighted by atomic mass is 16.6. The van der Waals surface area contributed by atoms with Gasteiger partial charge in [0.2, 0.25) is 0 Å². The largest absolute Gasteiger partial charge is 0.497 e. The molecule has 0 amide bonds. The third-order valence-electron chi connectivity index (χ3n) is 5.94. The van der Waals surface area contributed by atoms with Gasteiger partial charge in [-0.15, -0.1) is 0 Å². The minimum atomic E-state index is -0.332. The van der Waals surface area contributed by atoms with Gasteiger partial charge in [-0.05, 0) is 61.7 Å². The van der Waals surface area contributed by atoms with Gasteiger partial charge in [0, 0.05) is 61.1 Å². The lowest BCUT2D eigenvalue weighted by Crippen LogP contribution is -2.46. The Hall–Kier alpha value is -3.06. The van der Waals surface area contributed by atoms with Gasteiger partial charge in [-0.25, -0.2) is 0 Å². The van der Waals surface area contributed by atoms with Crippen LogP contribution in [0.15, 0.2) is 48.7 Å². The van der Waals surface area contributed by atoms with Gasteiger partial charge in [0.15, 0.2) is 0 Å². The van der Waals surface area contributed by atoms with Gasteiger partial charge in [0.25, 0.3) is 5.69 Å². The maximum Gasteiger partial charge on any atom is 0.270 e. The molecule has 1 aromatic heterocycles. The number of nitrogens with zero attached hydrogens (tertiary/aromatic N) is 3. The molecular formula is C23H28N4O3. The standard InChI is InChI=1S/C23H28N4O3/c1-30-21-8-5-19(6-9-21)26-14-12-25(13-15-26)11-3-2-4-18-17-24-23-10-7-20(27(28)29)16-22(18)23/h5-10,16-17,24H,2-4,11-15H2,1H3. The molecule has 2 heterocycles. The minimum Gasteiger partial charge on any atom is -0.497 e. The second-order valence-electron chi connectivity index (χ2n) is 7.78.